The lowest BCUT2D eigenvalue weighted by atomic mass is 10.1. The lowest BCUT2D eigenvalue weighted by Crippen LogP contribution is -2.32. The van der Waals surface area contributed by atoms with Gasteiger partial charge in [0.1, 0.15) is 12.4 Å². The maximum atomic E-state index is 12.9. The molecule has 8 nitrogen and oxygen atoms in total. The molecule has 0 aromatic heterocycles. The molecule has 0 atom stereocenters. The summed E-state index contributed by atoms with van der Waals surface area (Å²) in [5.41, 5.74) is 3.42. The zero-order valence-corrected chi connectivity index (χ0v) is 24.8. The van der Waals surface area contributed by atoms with Gasteiger partial charge in [-0.15, -0.1) is 0 Å². The normalized spacial score (nSPS) is 14.0. The van der Waals surface area contributed by atoms with Crippen molar-refractivity contribution in [3.8, 4) is 17.2 Å². The van der Waals surface area contributed by atoms with Gasteiger partial charge in [-0.2, -0.15) is 0 Å². The maximum absolute atomic E-state index is 12.9. The van der Waals surface area contributed by atoms with Gasteiger partial charge in [0, 0.05) is 5.69 Å². The first-order valence-electron chi connectivity index (χ1n) is 12.6. The van der Waals surface area contributed by atoms with E-state index in [-0.39, 0.29) is 36.8 Å². The van der Waals surface area contributed by atoms with Crippen LogP contribution in [0, 0.1) is 13.8 Å². The van der Waals surface area contributed by atoms with E-state index in [0.717, 1.165) is 28.6 Å². The number of carbonyl (C=O) groups excluding carboxylic acids is 3. The van der Waals surface area contributed by atoms with Gasteiger partial charge in [0.05, 0.1) is 22.5 Å². The molecule has 0 unspecified atom stereocenters. The number of anilines is 1. The SMILES string of the molecule is CCOc1cc(/C=C2\SC(=O)N(CCOc3ccccc3)C2=O)cc(Br)c1OCC(=O)Nc1ccc(C)cc1C. The number of halogens is 1. The summed E-state index contributed by atoms with van der Waals surface area (Å²) in [5, 5.41) is 2.50. The minimum atomic E-state index is -0.385. The molecule has 10 heteroatoms. The van der Waals surface area contributed by atoms with Crippen LogP contribution >= 0.6 is 27.7 Å². The number of rotatable bonds is 11. The molecule has 1 heterocycles. The van der Waals surface area contributed by atoms with Gasteiger partial charge in [-0.25, -0.2) is 0 Å². The second kappa shape index (κ2) is 13.5. The first-order chi connectivity index (χ1) is 19.2. The molecule has 0 radical (unpaired) electrons. The molecule has 1 saturated heterocycles. The van der Waals surface area contributed by atoms with E-state index < -0.39 is 0 Å². The fourth-order valence-corrected chi connectivity index (χ4v) is 5.41. The lowest BCUT2D eigenvalue weighted by molar-refractivity contribution is -0.123. The van der Waals surface area contributed by atoms with Crippen molar-refractivity contribution in [1.29, 1.82) is 0 Å². The highest BCUT2D eigenvalue weighted by molar-refractivity contribution is 9.10. The summed E-state index contributed by atoms with van der Waals surface area (Å²) in [7, 11) is 0. The number of thioether (sulfide) groups is 1. The van der Waals surface area contributed by atoms with E-state index >= 15 is 0 Å². The van der Waals surface area contributed by atoms with Crippen LogP contribution in [0.4, 0.5) is 10.5 Å². The van der Waals surface area contributed by atoms with Crippen molar-refractivity contribution < 1.29 is 28.6 Å². The van der Waals surface area contributed by atoms with Crippen LogP contribution in [0.25, 0.3) is 6.08 Å². The average Bonchev–Trinajstić information content (AvgIpc) is 3.18. The molecule has 208 valence electrons. The minimum Gasteiger partial charge on any atom is -0.492 e. The molecule has 3 amide bonds. The number of para-hydroxylation sites is 1. The smallest absolute Gasteiger partial charge is 0.293 e. The Bertz CT molecular complexity index is 1440. The standard InChI is InChI=1S/C30H29BrN2O6S/c1-4-37-25-16-21(15-23(31)28(25)39-18-27(34)32-24-11-10-19(2)14-20(24)3)17-26-29(35)33(30(36)40-26)12-13-38-22-8-6-5-7-9-22/h5-11,14-17H,4,12-13,18H2,1-3H3,(H,32,34)/b26-17-. The highest BCUT2D eigenvalue weighted by Gasteiger charge is 2.35. The Hall–Kier alpha value is -3.76. The highest BCUT2D eigenvalue weighted by Crippen LogP contribution is 2.39. The van der Waals surface area contributed by atoms with Gasteiger partial charge in [0.25, 0.3) is 17.1 Å². The van der Waals surface area contributed by atoms with Crippen LogP contribution in [-0.2, 0) is 9.59 Å². The van der Waals surface area contributed by atoms with Crippen LogP contribution in [0.1, 0.15) is 23.6 Å². The molecule has 0 aliphatic carbocycles. The Kier molecular flexibility index (Phi) is 9.89. The fourth-order valence-electron chi connectivity index (χ4n) is 3.97. The second-order valence-corrected chi connectivity index (χ2v) is 10.8. The van der Waals surface area contributed by atoms with E-state index in [0.29, 0.717) is 38.8 Å². The number of nitrogens with one attached hydrogen (secondary N) is 1. The molecule has 1 fully saturated rings. The first kappa shape index (κ1) is 29.2. The van der Waals surface area contributed by atoms with Crippen molar-refractivity contribution in [1.82, 2.24) is 4.90 Å². The van der Waals surface area contributed by atoms with Gasteiger partial charge < -0.3 is 19.5 Å². The third-order valence-corrected chi connectivity index (χ3v) is 7.33. The first-order valence-corrected chi connectivity index (χ1v) is 14.3. The summed E-state index contributed by atoms with van der Waals surface area (Å²) in [6, 6.07) is 18.4. The highest BCUT2D eigenvalue weighted by atomic mass is 79.9. The second-order valence-electron chi connectivity index (χ2n) is 8.91. The fraction of sp³-hybridized carbons (Fsp3) is 0.233. The number of hydrogen-bond donors (Lipinski definition) is 1. The van der Waals surface area contributed by atoms with Crippen molar-refractivity contribution in [3.05, 3.63) is 86.7 Å². The number of nitrogens with zero attached hydrogens (tertiary/aromatic N) is 1. The quantitative estimate of drug-likeness (QED) is 0.240. The summed E-state index contributed by atoms with van der Waals surface area (Å²) in [6.07, 6.45) is 1.63. The van der Waals surface area contributed by atoms with E-state index in [4.69, 9.17) is 14.2 Å². The van der Waals surface area contributed by atoms with Crippen molar-refractivity contribution >= 4 is 56.5 Å². The molecule has 3 aromatic rings. The van der Waals surface area contributed by atoms with E-state index in [9.17, 15) is 14.4 Å². The Balaban J connectivity index is 1.42. The molecular weight excluding hydrogens is 596 g/mol. The molecule has 4 rings (SSSR count). The monoisotopic (exact) mass is 624 g/mol. The average molecular weight is 626 g/mol. The predicted molar refractivity (Wildman–Crippen MR) is 160 cm³/mol. The van der Waals surface area contributed by atoms with Gasteiger partial charge in [0.15, 0.2) is 18.1 Å². The van der Waals surface area contributed by atoms with E-state index in [2.05, 4.69) is 21.2 Å². The Morgan fingerprint density at radius 1 is 1.02 bits per heavy atom. The van der Waals surface area contributed by atoms with Gasteiger partial charge in [-0.05, 0) is 96.0 Å². The van der Waals surface area contributed by atoms with E-state index in [1.807, 2.05) is 69.3 Å². The molecule has 1 N–H and O–H groups in total. The van der Waals surface area contributed by atoms with Crippen LogP contribution in [0.3, 0.4) is 0 Å². The number of amides is 3. The molecule has 0 bridgehead atoms. The number of hydrogen-bond acceptors (Lipinski definition) is 7. The molecule has 40 heavy (non-hydrogen) atoms. The van der Waals surface area contributed by atoms with Crippen molar-refractivity contribution in [3.63, 3.8) is 0 Å². The van der Waals surface area contributed by atoms with Crippen molar-refractivity contribution in [2.24, 2.45) is 0 Å². The summed E-state index contributed by atoms with van der Waals surface area (Å²) in [6.45, 7) is 6.22. The maximum Gasteiger partial charge on any atom is 0.293 e. The number of imide groups is 1. The van der Waals surface area contributed by atoms with Gasteiger partial charge in [-0.3, -0.25) is 19.3 Å². The zero-order valence-electron chi connectivity index (χ0n) is 22.4. The third kappa shape index (κ3) is 7.45. The van der Waals surface area contributed by atoms with Gasteiger partial charge in [0.2, 0.25) is 0 Å². The lowest BCUT2D eigenvalue weighted by Gasteiger charge is -2.15. The Labute approximate surface area is 245 Å². The zero-order chi connectivity index (χ0) is 28.6. The van der Waals surface area contributed by atoms with Crippen LogP contribution < -0.4 is 19.5 Å². The molecule has 1 aliphatic heterocycles. The van der Waals surface area contributed by atoms with Crippen molar-refractivity contribution in [2.45, 2.75) is 20.8 Å². The molecule has 1 aliphatic rings. The van der Waals surface area contributed by atoms with E-state index in [1.54, 1.807) is 18.2 Å². The van der Waals surface area contributed by atoms with Crippen LogP contribution in [0.5, 0.6) is 17.2 Å². The van der Waals surface area contributed by atoms with E-state index in [1.165, 1.54) is 4.90 Å². The summed E-state index contributed by atoms with van der Waals surface area (Å²) in [5.74, 6) is 0.738. The molecule has 0 spiro atoms. The number of benzene rings is 3. The predicted octanol–water partition coefficient (Wildman–Crippen LogP) is 6.60. The minimum absolute atomic E-state index is 0.141. The molecular formula is C30H29BrN2O6S. The van der Waals surface area contributed by atoms with Crippen molar-refractivity contribution in [2.75, 3.05) is 31.7 Å². The Morgan fingerprint density at radius 2 is 1.80 bits per heavy atom. The molecule has 3 aromatic carbocycles. The summed E-state index contributed by atoms with van der Waals surface area (Å²) < 4.78 is 17.8. The summed E-state index contributed by atoms with van der Waals surface area (Å²) >= 11 is 4.37. The Morgan fingerprint density at radius 3 is 2.52 bits per heavy atom. The van der Waals surface area contributed by atoms with Gasteiger partial charge in [-0.1, -0.05) is 35.9 Å². The largest absolute Gasteiger partial charge is 0.492 e. The number of carbonyl (C=O) groups is 3. The topological polar surface area (TPSA) is 94.2 Å². The third-order valence-electron chi connectivity index (χ3n) is 5.83. The summed E-state index contributed by atoms with van der Waals surface area (Å²) in [4.78, 5) is 39.5. The van der Waals surface area contributed by atoms with Gasteiger partial charge >= 0.3 is 0 Å². The molecule has 0 saturated carbocycles. The number of aryl methyl sites for hydroxylation is 2. The van der Waals surface area contributed by atoms with Crippen LogP contribution in [0.2, 0.25) is 0 Å². The number of ether oxygens (including phenoxy) is 3. The van der Waals surface area contributed by atoms with Crippen LogP contribution in [0.15, 0.2) is 70.0 Å². The van der Waals surface area contributed by atoms with Crippen LogP contribution in [-0.4, -0.2) is 48.3 Å².